The van der Waals surface area contributed by atoms with Gasteiger partial charge in [-0.2, -0.15) is 0 Å². The van der Waals surface area contributed by atoms with E-state index in [0.29, 0.717) is 16.7 Å². The summed E-state index contributed by atoms with van der Waals surface area (Å²) in [7, 11) is 0. The van der Waals surface area contributed by atoms with E-state index in [2.05, 4.69) is 20.5 Å². The van der Waals surface area contributed by atoms with Gasteiger partial charge in [0.15, 0.2) is 5.13 Å². The van der Waals surface area contributed by atoms with Crippen LogP contribution in [0, 0.1) is 0 Å². The molecule has 8 heteroatoms. The first-order valence-electron chi connectivity index (χ1n) is 8.05. The summed E-state index contributed by atoms with van der Waals surface area (Å²) in [5.74, 6) is -0.0408. The fourth-order valence-electron chi connectivity index (χ4n) is 2.37. The lowest BCUT2D eigenvalue weighted by Crippen LogP contribution is -2.14. The van der Waals surface area contributed by atoms with Crippen molar-refractivity contribution in [1.82, 2.24) is 15.2 Å². The highest BCUT2D eigenvalue weighted by atomic mass is 32.1. The Morgan fingerprint density at radius 1 is 1.12 bits per heavy atom. The predicted molar refractivity (Wildman–Crippen MR) is 102 cm³/mol. The largest absolute Gasteiger partial charge is 0.374 e. The van der Waals surface area contributed by atoms with Crippen molar-refractivity contribution < 1.29 is 4.79 Å². The first-order chi connectivity index (χ1) is 12.2. The molecule has 0 aliphatic heterocycles. The van der Waals surface area contributed by atoms with Crippen molar-refractivity contribution in [2.75, 3.05) is 11.1 Å². The number of carbonyl (C=O) groups is 1. The van der Waals surface area contributed by atoms with Gasteiger partial charge in [-0.15, -0.1) is 21.5 Å². The average Bonchev–Trinajstić information content (AvgIpc) is 3.21. The molecule has 2 aromatic heterocycles. The van der Waals surface area contributed by atoms with Crippen molar-refractivity contribution in [3.63, 3.8) is 0 Å². The van der Waals surface area contributed by atoms with Crippen molar-refractivity contribution in [3.05, 3.63) is 52.0 Å². The number of hydrogen-bond acceptors (Lipinski definition) is 7. The van der Waals surface area contributed by atoms with Gasteiger partial charge in [0.2, 0.25) is 11.0 Å². The molecule has 0 saturated carbocycles. The Labute approximate surface area is 154 Å². The first-order valence-corrected chi connectivity index (χ1v) is 9.75. The van der Waals surface area contributed by atoms with Gasteiger partial charge in [-0.05, 0) is 24.8 Å². The van der Waals surface area contributed by atoms with Gasteiger partial charge in [0.05, 0.1) is 12.1 Å². The Kier molecular flexibility index (Phi) is 6.08. The number of thiazole rings is 1. The van der Waals surface area contributed by atoms with Gasteiger partial charge in [0.25, 0.3) is 0 Å². The number of hydrogen-bond donors (Lipinski definition) is 2. The summed E-state index contributed by atoms with van der Waals surface area (Å²) < 4.78 is 0. The maximum absolute atomic E-state index is 12.0. The van der Waals surface area contributed by atoms with E-state index in [-0.39, 0.29) is 5.91 Å². The van der Waals surface area contributed by atoms with Crippen LogP contribution in [0.1, 0.15) is 29.1 Å². The average molecular weight is 374 g/mol. The fraction of sp³-hybridized carbons (Fsp3) is 0.294. The molecule has 0 atom stereocenters. The molecule has 3 N–H and O–H groups in total. The third-order valence-corrected chi connectivity index (χ3v) is 5.18. The molecule has 1 aromatic carbocycles. The number of nitrogens with zero attached hydrogens (tertiary/aromatic N) is 3. The zero-order chi connectivity index (χ0) is 17.5. The Balaban J connectivity index is 1.40. The Morgan fingerprint density at radius 2 is 1.92 bits per heavy atom. The summed E-state index contributed by atoms with van der Waals surface area (Å²) in [5.41, 5.74) is 7.57. The zero-order valence-corrected chi connectivity index (χ0v) is 15.3. The second-order valence-electron chi connectivity index (χ2n) is 5.60. The maximum atomic E-state index is 12.0. The number of amides is 1. The van der Waals surface area contributed by atoms with E-state index in [9.17, 15) is 4.79 Å². The number of nitrogen functional groups attached to an aromatic ring is 1. The highest BCUT2D eigenvalue weighted by Crippen LogP contribution is 2.19. The molecule has 0 spiro atoms. The molecule has 0 saturated heterocycles. The second-order valence-corrected chi connectivity index (χ2v) is 7.55. The summed E-state index contributed by atoms with van der Waals surface area (Å²) in [4.78, 5) is 16.5. The van der Waals surface area contributed by atoms with E-state index < -0.39 is 0 Å². The molecule has 1 amide bonds. The fourth-order valence-corrected chi connectivity index (χ4v) is 3.79. The van der Waals surface area contributed by atoms with Crippen LogP contribution in [0.2, 0.25) is 0 Å². The standard InChI is InChI=1S/C17H19N5OS2/c18-16-22-21-15(25-16)9-5-4-8-13-11-24-17(19-13)20-14(23)10-12-6-2-1-3-7-12/h1-3,6-7,11H,4-5,8-10H2,(H2,18,22)(H,19,20,23). The number of aryl methyl sites for hydroxylation is 2. The molecule has 25 heavy (non-hydrogen) atoms. The number of unbranched alkanes of at least 4 members (excludes halogenated alkanes) is 1. The molecule has 0 aliphatic carbocycles. The molecular formula is C17H19N5OS2. The van der Waals surface area contributed by atoms with Crippen LogP contribution in [0.25, 0.3) is 0 Å². The highest BCUT2D eigenvalue weighted by Gasteiger charge is 2.08. The molecule has 0 unspecified atom stereocenters. The Bertz CT molecular complexity index is 815. The Morgan fingerprint density at radius 3 is 2.68 bits per heavy atom. The summed E-state index contributed by atoms with van der Waals surface area (Å²) in [6, 6.07) is 9.69. The van der Waals surface area contributed by atoms with Crippen LogP contribution in [-0.2, 0) is 24.1 Å². The lowest BCUT2D eigenvalue weighted by atomic mass is 10.1. The number of benzene rings is 1. The van der Waals surface area contributed by atoms with Crippen LogP contribution in [0.15, 0.2) is 35.7 Å². The third kappa shape index (κ3) is 5.61. The number of nitrogens with one attached hydrogen (secondary N) is 1. The topological polar surface area (TPSA) is 93.8 Å². The van der Waals surface area contributed by atoms with Gasteiger partial charge in [0.1, 0.15) is 5.01 Å². The molecular weight excluding hydrogens is 354 g/mol. The van der Waals surface area contributed by atoms with Crippen LogP contribution >= 0.6 is 22.7 Å². The normalized spacial score (nSPS) is 10.7. The minimum atomic E-state index is -0.0408. The second kappa shape index (κ2) is 8.68. The minimum Gasteiger partial charge on any atom is -0.374 e. The van der Waals surface area contributed by atoms with Gasteiger partial charge in [-0.25, -0.2) is 4.98 Å². The Hall–Kier alpha value is -2.32. The summed E-state index contributed by atoms with van der Waals surface area (Å²) in [6.45, 7) is 0. The van der Waals surface area contributed by atoms with Crippen molar-refractivity contribution in [1.29, 1.82) is 0 Å². The monoisotopic (exact) mass is 373 g/mol. The molecule has 0 radical (unpaired) electrons. The van der Waals surface area contributed by atoms with Crippen LogP contribution in [0.3, 0.4) is 0 Å². The molecule has 2 heterocycles. The highest BCUT2D eigenvalue weighted by molar-refractivity contribution is 7.15. The smallest absolute Gasteiger partial charge is 0.230 e. The lowest BCUT2D eigenvalue weighted by Gasteiger charge is -2.01. The lowest BCUT2D eigenvalue weighted by molar-refractivity contribution is -0.115. The molecule has 0 fully saturated rings. The van der Waals surface area contributed by atoms with Gasteiger partial charge >= 0.3 is 0 Å². The van der Waals surface area contributed by atoms with E-state index in [1.54, 1.807) is 0 Å². The van der Waals surface area contributed by atoms with E-state index in [1.165, 1.54) is 22.7 Å². The van der Waals surface area contributed by atoms with Gasteiger partial charge in [-0.3, -0.25) is 4.79 Å². The molecule has 3 aromatic rings. The molecule has 0 aliphatic rings. The quantitative estimate of drug-likeness (QED) is 0.591. The van der Waals surface area contributed by atoms with E-state index in [0.717, 1.165) is 41.9 Å². The summed E-state index contributed by atoms with van der Waals surface area (Å²) >= 11 is 2.91. The van der Waals surface area contributed by atoms with E-state index in [1.807, 2.05) is 35.7 Å². The first kappa shape index (κ1) is 17.5. The van der Waals surface area contributed by atoms with Crippen LogP contribution in [-0.4, -0.2) is 21.1 Å². The van der Waals surface area contributed by atoms with Crippen molar-refractivity contribution >= 4 is 38.8 Å². The van der Waals surface area contributed by atoms with E-state index in [4.69, 9.17) is 5.73 Å². The number of carbonyl (C=O) groups excluding carboxylic acids is 1. The van der Waals surface area contributed by atoms with Crippen molar-refractivity contribution in [2.45, 2.75) is 32.1 Å². The molecule has 0 bridgehead atoms. The summed E-state index contributed by atoms with van der Waals surface area (Å²) in [6.07, 6.45) is 4.17. The number of rotatable bonds is 8. The van der Waals surface area contributed by atoms with Crippen molar-refractivity contribution in [2.24, 2.45) is 0 Å². The molecule has 6 nitrogen and oxygen atoms in total. The predicted octanol–water partition coefficient (Wildman–Crippen LogP) is 3.32. The van der Waals surface area contributed by atoms with Crippen LogP contribution < -0.4 is 11.1 Å². The van der Waals surface area contributed by atoms with Crippen LogP contribution in [0.5, 0.6) is 0 Å². The van der Waals surface area contributed by atoms with E-state index >= 15 is 0 Å². The van der Waals surface area contributed by atoms with Gasteiger partial charge in [0, 0.05) is 11.8 Å². The van der Waals surface area contributed by atoms with Gasteiger partial charge < -0.3 is 11.1 Å². The van der Waals surface area contributed by atoms with Crippen LogP contribution in [0.4, 0.5) is 10.3 Å². The number of aromatic nitrogens is 3. The third-order valence-electron chi connectivity index (χ3n) is 3.56. The number of anilines is 2. The maximum Gasteiger partial charge on any atom is 0.230 e. The SMILES string of the molecule is Nc1nnc(CCCCc2csc(NC(=O)Cc3ccccc3)n2)s1. The zero-order valence-electron chi connectivity index (χ0n) is 13.6. The molecule has 3 rings (SSSR count). The van der Waals surface area contributed by atoms with Crippen molar-refractivity contribution in [3.8, 4) is 0 Å². The molecule has 130 valence electrons. The summed E-state index contributed by atoms with van der Waals surface area (Å²) in [5, 5.41) is 14.8. The number of nitrogens with two attached hydrogens (primary N) is 1. The van der Waals surface area contributed by atoms with Gasteiger partial charge in [-0.1, -0.05) is 41.7 Å². The minimum absolute atomic E-state index is 0.0408.